The second kappa shape index (κ2) is 9.90. The molecule has 0 saturated heterocycles. The highest BCUT2D eigenvalue weighted by molar-refractivity contribution is 7.80. The molecule has 3 aliphatic carbocycles. The van der Waals surface area contributed by atoms with Crippen LogP contribution < -0.4 is 16.4 Å². The first kappa shape index (κ1) is 28.3. The summed E-state index contributed by atoms with van der Waals surface area (Å²) in [6.07, 6.45) is -2.14. The Bertz CT molecular complexity index is 1840. The second-order valence-electron chi connectivity index (χ2n) is 11.0. The molecular weight excluding hydrogens is 574 g/mol. The minimum absolute atomic E-state index is 0.0705. The minimum Gasteiger partial charge on any atom is -0.511 e. The Kier molecular flexibility index (Phi) is 6.53. The third-order valence-electron chi connectivity index (χ3n) is 8.78. The maximum atomic E-state index is 13.9. The zero-order chi connectivity index (χ0) is 31.0. The zero-order valence-electron chi connectivity index (χ0n) is 22.7. The van der Waals surface area contributed by atoms with E-state index in [1.165, 1.54) is 6.07 Å². The maximum Gasteiger partial charge on any atom is 0.255 e. The van der Waals surface area contributed by atoms with Gasteiger partial charge in [-0.15, -0.1) is 0 Å². The molecule has 3 aromatic carbocycles. The number of hydrogen-bond donors (Lipinski definition) is 8. The number of aromatic hydroxyl groups is 1. The number of amides is 1. The van der Waals surface area contributed by atoms with E-state index in [9.17, 15) is 39.9 Å². The molecule has 0 aromatic heterocycles. The van der Waals surface area contributed by atoms with Crippen molar-refractivity contribution in [2.75, 3.05) is 10.6 Å². The number of hydrogen-bond acceptors (Lipinski definition) is 9. The number of thiocarbonyl (C=S) groups is 1. The van der Waals surface area contributed by atoms with Gasteiger partial charge in [-0.2, -0.15) is 0 Å². The molecule has 5 atom stereocenters. The fourth-order valence-electron chi connectivity index (χ4n) is 6.71. The number of carbonyl (C=O) groups is 3. The standard InChI is InChI=1S/C31H27N3O8S/c1-12-14-9-10-18(34-30(43)33-17-8-4-6-13-5-2-3-7-15(13)17)25(37)21(14)26(38)23-20(12)24(36)16-11-19(35)22(29(32)41)27(39)31(16,42)28(23)40/h2-10,12,16,20,24,35-37,40,42H,11H2,1H3,(H2,32,41)(H2,33,34,43)/t12-,16+,20+,24+,31+/m0/s1. The summed E-state index contributed by atoms with van der Waals surface area (Å²) in [4.78, 5) is 39.0. The monoisotopic (exact) mass is 601 g/mol. The summed E-state index contributed by atoms with van der Waals surface area (Å²) in [5.41, 5.74) is 1.86. The van der Waals surface area contributed by atoms with Crippen LogP contribution in [-0.4, -0.2) is 59.8 Å². The van der Waals surface area contributed by atoms with E-state index < -0.39 is 81.8 Å². The first-order valence-corrected chi connectivity index (χ1v) is 13.9. The van der Waals surface area contributed by atoms with Crippen molar-refractivity contribution in [3.63, 3.8) is 0 Å². The number of aliphatic hydroxyl groups is 4. The van der Waals surface area contributed by atoms with E-state index in [-0.39, 0.29) is 16.4 Å². The molecule has 43 heavy (non-hydrogen) atoms. The molecule has 220 valence electrons. The van der Waals surface area contributed by atoms with Gasteiger partial charge in [0.05, 0.1) is 17.4 Å². The molecule has 0 heterocycles. The highest BCUT2D eigenvalue weighted by Crippen LogP contribution is 2.55. The quantitative estimate of drug-likeness (QED) is 0.125. The molecule has 0 spiro atoms. The minimum atomic E-state index is -2.90. The highest BCUT2D eigenvalue weighted by Gasteiger charge is 2.64. The number of phenols is 1. The van der Waals surface area contributed by atoms with Crippen LogP contribution in [0.5, 0.6) is 5.75 Å². The Morgan fingerprint density at radius 1 is 1.00 bits per heavy atom. The van der Waals surface area contributed by atoms with E-state index in [2.05, 4.69) is 10.6 Å². The number of phenolic OH excluding ortho intramolecular Hbond substituents is 1. The Balaban J connectivity index is 1.39. The first-order valence-electron chi connectivity index (χ1n) is 13.4. The molecule has 11 nitrogen and oxygen atoms in total. The van der Waals surface area contributed by atoms with Gasteiger partial charge >= 0.3 is 0 Å². The normalized spacial score (nSPS) is 26.5. The summed E-state index contributed by atoms with van der Waals surface area (Å²) in [6, 6.07) is 16.4. The Labute approximate surface area is 250 Å². The van der Waals surface area contributed by atoms with Crippen LogP contribution >= 0.6 is 12.2 Å². The summed E-state index contributed by atoms with van der Waals surface area (Å²) < 4.78 is 0. The SMILES string of the molecule is C[C@H]1c2ccc(NC(=S)Nc3cccc4ccccc34)c(O)c2C(=O)C2=C(O)[C@]3(O)C(=O)C(C(N)=O)=C(O)C[C@@H]3[C@@H](O)[C@@H]21. The molecule has 3 aromatic rings. The van der Waals surface area contributed by atoms with E-state index in [1.54, 1.807) is 13.0 Å². The van der Waals surface area contributed by atoms with Crippen molar-refractivity contribution in [2.24, 2.45) is 17.6 Å². The van der Waals surface area contributed by atoms with Crippen LogP contribution in [0.3, 0.4) is 0 Å². The number of ketones is 2. The van der Waals surface area contributed by atoms with Gasteiger partial charge in [-0.3, -0.25) is 14.4 Å². The van der Waals surface area contributed by atoms with Crippen molar-refractivity contribution < 1.29 is 39.9 Å². The van der Waals surface area contributed by atoms with Gasteiger partial charge in [-0.05, 0) is 41.2 Å². The number of anilines is 2. The zero-order valence-corrected chi connectivity index (χ0v) is 23.5. The van der Waals surface area contributed by atoms with Gasteiger partial charge in [-0.1, -0.05) is 49.4 Å². The van der Waals surface area contributed by atoms with Crippen molar-refractivity contribution in [1.29, 1.82) is 0 Å². The second-order valence-corrected chi connectivity index (χ2v) is 11.4. The fraction of sp³-hybridized carbons (Fsp3) is 0.226. The van der Waals surface area contributed by atoms with Gasteiger partial charge in [0.15, 0.2) is 22.2 Å². The number of nitrogens with two attached hydrogens (primary N) is 1. The third-order valence-corrected chi connectivity index (χ3v) is 8.99. The molecule has 0 unspecified atom stereocenters. The average Bonchev–Trinajstić information content (AvgIpc) is 2.96. The molecular formula is C31H27N3O8S. The number of allylic oxidation sites excluding steroid dienone is 1. The van der Waals surface area contributed by atoms with Gasteiger partial charge in [0.1, 0.15) is 17.1 Å². The third kappa shape index (κ3) is 4.02. The van der Waals surface area contributed by atoms with Gasteiger partial charge < -0.3 is 41.9 Å². The van der Waals surface area contributed by atoms with Crippen LogP contribution in [0.2, 0.25) is 0 Å². The van der Waals surface area contributed by atoms with Gasteiger partial charge in [-0.25, -0.2) is 0 Å². The van der Waals surface area contributed by atoms with Gasteiger partial charge in [0.25, 0.3) is 5.91 Å². The lowest BCUT2D eigenvalue weighted by Gasteiger charge is -2.50. The number of Topliss-reactive ketones (excluding diaryl/α,β-unsaturated/α-hetero) is 2. The van der Waals surface area contributed by atoms with Crippen molar-refractivity contribution in [3.05, 3.63) is 88.4 Å². The Morgan fingerprint density at radius 3 is 2.40 bits per heavy atom. The van der Waals surface area contributed by atoms with E-state index in [1.807, 2.05) is 42.5 Å². The van der Waals surface area contributed by atoms with Crippen molar-refractivity contribution in [1.82, 2.24) is 0 Å². The maximum absolute atomic E-state index is 13.9. The lowest BCUT2D eigenvalue weighted by molar-refractivity contribution is -0.154. The van der Waals surface area contributed by atoms with Crippen LogP contribution in [0, 0.1) is 11.8 Å². The van der Waals surface area contributed by atoms with E-state index in [0.29, 0.717) is 11.3 Å². The molecule has 0 radical (unpaired) electrons. The first-order chi connectivity index (χ1) is 20.4. The average molecular weight is 602 g/mol. The number of nitrogens with one attached hydrogen (secondary N) is 2. The predicted octanol–water partition coefficient (Wildman–Crippen LogP) is 3.07. The summed E-state index contributed by atoms with van der Waals surface area (Å²) in [7, 11) is 0. The van der Waals surface area contributed by atoms with E-state index in [4.69, 9.17) is 18.0 Å². The Morgan fingerprint density at radius 2 is 1.67 bits per heavy atom. The van der Waals surface area contributed by atoms with Crippen molar-refractivity contribution >= 4 is 57.0 Å². The molecule has 0 aliphatic heterocycles. The Hall–Kier alpha value is -4.78. The molecule has 3 aliphatic rings. The number of primary amides is 1. The van der Waals surface area contributed by atoms with E-state index >= 15 is 0 Å². The van der Waals surface area contributed by atoms with Crippen LogP contribution in [0.4, 0.5) is 11.4 Å². The van der Waals surface area contributed by atoms with Gasteiger partial charge in [0, 0.05) is 34.9 Å². The van der Waals surface area contributed by atoms with Crippen molar-refractivity contribution in [2.45, 2.75) is 31.0 Å². The lowest BCUT2D eigenvalue weighted by Crippen LogP contribution is -2.62. The molecule has 9 N–H and O–H groups in total. The lowest BCUT2D eigenvalue weighted by atomic mass is 9.56. The topological polar surface area (TPSA) is 202 Å². The molecule has 0 fully saturated rings. The molecule has 1 amide bonds. The van der Waals surface area contributed by atoms with Crippen LogP contribution in [0.1, 0.15) is 35.2 Å². The van der Waals surface area contributed by atoms with E-state index in [0.717, 1.165) is 10.8 Å². The van der Waals surface area contributed by atoms with Gasteiger partial charge in [0.2, 0.25) is 5.78 Å². The van der Waals surface area contributed by atoms with Crippen molar-refractivity contribution in [3.8, 4) is 5.75 Å². The predicted molar refractivity (Wildman–Crippen MR) is 161 cm³/mol. The smallest absolute Gasteiger partial charge is 0.255 e. The number of rotatable bonds is 3. The molecule has 6 rings (SSSR count). The number of benzene rings is 3. The van der Waals surface area contributed by atoms with Crippen LogP contribution in [0.25, 0.3) is 10.8 Å². The number of carbonyl (C=O) groups excluding carboxylic acids is 3. The van der Waals surface area contributed by atoms with Crippen LogP contribution in [0.15, 0.2) is 77.3 Å². The molecule has 0 bridgehead atoms. The molecule has 0 saturated carbocycles. The summed E-state index contributed by atoms with van der Waals surface area (Å²) in [5, 5.41) is 63.7. The summed E-state index contributed by atoms with van der Waals surface area (Å²) in [6.45, 7) is 1.66. The fourth-order valence-corrected chi connectivity index (χ4v) is 6.93. The summed E-state index contributed by atoms with van der Waals surface area (Å²) in [5.74, 6) is -9.23. The number of aliphatic hydroxyl groups excluding tert-OH is 3. The highest BCUT2D eigenvalue weighted by atomic mass is 32.1. The largest absolute Gasteiger partial charge is 0.511 e. The molecule has 12 heteroatoms. The summed E-state index contributed by atoms with van der Waals surface area (Å²) >= 11 is 5.47. The number of fused-ring (bicyclic) bond motifs is 4. The van der Waals surface area contributed by atoms with Crippen LogP contribution in [-0.2, 0) is 9.59 Å².